The molecule has 5 nitrogen and oxygen atoms in total. The SMILES string of the molecule is Cn1cc(-c2cc(=O)cc[nH]2)nn1. The molecule has 5 heteroatoms. The van der Waals surface area contributed by atoms with Gasteiger partial charge < -0.3 is 4.98 Å². The minimum absolute atomic E-state index is 0.0422. The van der Waals surface area contributed by atoms with E-state index in [0.29, 0.717) is 11.4 Å². The molecular weight excluding hydrogens is 168 g/mol. The lowest BCUT2D eigenvalue weighted by molar-refractivity contribution is 0.715. The monoisotopic (exact) mass is 176 g/mol. The van der Waals surface area contributed by atoms with E-state index in [9.17, 15) is 4.79 Å². The van der Waals surface area contributed by atoms with Crippen LogP contribution in [0.25, 0.3) is 11.4 Å². The van der Waals surface area contributed by atoms with Gasteiger partial charge in [0.2, 0.25) is 0 Å². The summed E-state index contributed by atoms with van der Waals surface area (Å²) in [4.78, 5) is 13.9. The molecule has 0 unspecified atom stereocenters. The highest BCUT2D eigenvalue weighted by Crippen LogP contribution is 2.08. The van der Waals surface area contributed by atoms with Gasteiger partial charge in [-0.15, -0.1) is 5.10 Å². The van der Waals surface area contributed by atoms with E-state index in [1.807, 2.05) is 0 Å². The predicted molar refractivity (Wildman–Crippen MR) is 47.1 cm³/mol. The van der Waals surface area contributed by atoms with Crippen LogP contribution in [-0.4, -0.2) is 20.0 Å². The zero-order valence-corrected chi connectivity index (χ0v) is 7.06. The second-order valence-electron chi connectivity index (χ2n) is 2.72. The molecule has 1 N–H and O–H groups in total. The van der Waals surface area contributed by atoms with Crippen molar-refractivity contribution in [1.29, 1.82) is 0 Å². The van der Waals surface area contributed by atoms with E-state index in [2.05, 4.69) is 15.3 Å². The highest BCUT2D eigenvalue weighted by molar-refractivity contribution is 5.51. The van der Waals surface area contributed by atoms with Gasteiger partial charge in [-0.25, -0.2) is 0 Å². The number of aromatic amines is 1. The molecule has 0 aliphatic heterocycles. The van der Waals surface area contributed by atoms with Gasteiger partial charge in [0, 0.05) is 25.4 Å². The van der Waals surface area contributed by atoms with Gasteiger partial charge in [0.05, 0.1) is 11.9 Å². The number of hydrogen-bond donors (Lipinski definition) is 1. The van der Waals surface area contributed by atoms with E-state index in [-0.39, 0.29) is 5.43 Å². The first-order chi connectivity index (χ1) is 6.25. The van der Waals surface area contributed by atoms with Crippen LogP contribution in [0.5, 0.6) is 0 Å². The number of nitrogens with zero attached hydrogens (tertiary/aromatic N) is 3. The van der Waals surface area contributed by atoms with Crippen molar-refractivity contribution in [1.82, 2.24) is 20.0 Å². The number of aromatic nitrogens is 4. The molecule has 0 saturated heterocycles. The lowest BCUT2D eigenvalue weighted by Crippen LogP contribution is -1.97. The van der Waals surface area contributed by atoms with Gasteiger partial charge in [-0.05, 0) is 0 Å². The van der Waals surface area contributed by atoms with Crippen LogP contribution in [0.4, 0.5) is 0 Å². The fourth-order valence-electron chi connectivity index (χ4n) is 1.06. The summed E-state index contributed by atoms with van der Waals surface area (Å²) in [6, 6.07) is 2.95. The fraction of sp³-hybridized carbons (Fsp3) is 0.125. The molecule has 0 aliphatic rings. The van der Waals surface area contributed by atoms with Crippen LogP contribution in [0.1, 0.15) is 0 Å². The maximum Gasteiger partial charge on any atom is 0.182 e. The Morgan fingerprint density at radius 2 is 2.38 bits per heavy atom. The zero-order chi connectivity index (χ0) is 9.26. The predicted octanol–water partition coefficient (Wildman–Crippen LogP) is 0.170. The van der Waals surface area contributed by atoms with Crippen molar-refractivity contribution in [2.45, 2.75) is 0 Å². The Bertz CT molecular complexity index is 471. The van der Waals surface area contributed by atoms with E-state index in [1.165, 1.54) is 12.1 Å². The third-order valence-corrected chi connectivity index (χ3v) is 1.65. The quantitative estimate of drug-likeness (QED) is 0.673. The van der Waals surface area contributed by atoms with Crippen molar-refractivity contribution in [2.24, 2.45) is 7.05 Å². The Kier molecular flexibility index (Phi) is 1.70. The standard InChI is InChI=1S/C8H8N4O/c1-12-5-8(10-11-12)7-4-6(13)2-3-9-7/h2-5H,1H3,(H,9,13). The smallest absolute Gasteiger partial charge is 0.182 e. The number of pyridine rings is 1. The number of H-pyrrole nitrogens is 1. The highest BCUT2D eigenvalue weighted by Gasteiger charge is 2.01. The summed E-state index contributed by atoms with van der Waals surface area (Å²) in [5, 5.41) is 7.64. The molecule has 13 heavy (non-hydrogen) atoms. The van der Waals surface area contributed by atoms with Gasteiger partial charge in [0.25, 0.3) is 0 Å². The lowest BCUT2D eigenvalue weighted by atomic mass is 10.3. The maximum atomic E-state index is 11.0. The van der Waals surface area contributed by atoms with Crippen LogP contribution in [0.3, 0.4) is 0 Å². The maximum absolute atomic E-state index is 11.0. The summed E-state index contributed by atoms with van der Waals surface area (Å²) in [6.45, 7) is 0. The highest BCUT2D eigenvalue weighted by atomic mass is 16.1. The van der Waals surface area contributed by atoms with Crippen molar-refractivity contribution in [2.75, 3.05) is 0 Å². The molecule has 0 fully saturated rings. The van der Waals surface area contributed by atoms with Crippen molar-refractivity contribution >= 4 is 0 Å². The lowest BCUT2D eigenvalue weighted by Gasteiger charge is -1.92. The molecule has 2 aromatic heterocycles. The van der Waals surface area contributed by atoms with Gasteiger partial charge in [0.1, 0.15) is 5.69 Å². The molecule has 0 atom stereocenters. The third-order valence-electron chi connectivity index (χ3n) is 1.65. The van der Waals surface area contributed by atoms with E-state index >= 15 is 0 Å². The van der Waals surface area contributed by atoms with Crippen molar-refractivity contribution in [3.05, 3.63) is 34.7 Å². The summed E-state index contributed by atoms with van der Waals surface area (Å²) in [5.74, 6) is 0. The summed E-state index contributed by atoms with van der Waals surface area (Å²) < 4.78 is 1.58. The second kappa shape index (κ2) is 2.85. The average Bonchev–Trinajstić information content (AvgIpc) is 2.52. The Balaban J connectivity index is 2.52. The molecule has 0 saturated carbocycles. The number of nitrogens with one attached hydrogen (secondary N) is 1. The van der Waals surface area contributed by atoms with Crippen molar-refractivity contribution in [3.8, 4) is 11.4 Å². The van der Waals surface area contributed by atoms with Crippen LogP contribution >= 0.6 is 0 Å². The van der Waals surface area contributed by atoms with Gasteiger partial charge in [-0.3, -0.25) is 9.48 Å². The molecule has 66 valence electrons. The molecule has 2 rings (SSSR count). The van der Waals surface area contributed by atoms with Gasteiger partial charge in [-0.2, -0.15) is 0 Å². The average molecular weight is 176 g/mol. The van der Waals surface area contributed by atoms with Gasteiger partial charge >= 0.3 is 0 Å². The molecular formula is C8H8N4O. The Morgan fingerprint density at radius 1 is 1.54 bits per heavy atom. The summed E-state index contributed by atoms with van der Waals surface area (Å²) in [7, 11) is 1.78. The van der Waals surface area contributed by atoms with E-state index in [0.717, 1.165) is 0 Å². The van der Waals surface area contributed by atoms with Crippen molar-refractivity contribution < 1.29 is 0 Å². The van der Waals surface area contributed by atoms with E-state index < -0.39 is 0 Å². The number of aryl methyl sites for hydroxylation is 1. The summed E-state index contributed by atoms with van der Waals surface area (Å²) in [5.41, 5.74) is 1.31. The van der Waals surface area contributed by atoms with Crippen LogP contribution in [-0.2, 0) is 7.05 Å². The fourth-order valence-corrected chi connectivity index (χ4v) is 1.06. The minimum atomic E-state index is -0.0422. The summed E-state index contributed by atoms with van der Waals surface area (Å²) in [6.07, 6.45) is 3.33. The van der Waals surface area contributed by atoms with Crippen LogP contribution < -0.4 is 5.43 Å². The Morgan fingerprint density at radius 3 is 3.00 bits per heavy atom. The molecule has 2 heterocycles. The van der Waals surface area contributed by atoms with Gasteiger partial charge in [0.15, 0.2) is 5.43 Å². The van der Waals surface area contributed by atoms with Crippen LogP contribution in [0.2, 0.25) is 0 Å². The zero-order valence-electron chi connectivity index (χ0n) is 7.06. The first-order valence-corrected chi connectivity index (χ1v) is 3.81. The molecule has 0 aromatic carbocycles. The normalized spacial score (nSPS) is 10.2. The molecule has 0 aliphatic carbocycles. The van der Waals surface area contributed by atoms with E-state index in [4.69, 9.17) is 0 Å². The first-order valence-electron chi connectivity index (χ1n) is 3.81. The van der Waals surface area contributed by atoms with Crippen LogP contribution in [0, 0.1) is 0 Å². The molecule has 0 bridgehead atoms. The molecule has 2 aromatic rings. The second-order valence-corrected chi connectivity index (χ2v) is 2.72. The van der Waals surface area contributed by atoms with Crippen molar-refractivity contribution in [3.63, 3.8) is 0 Å². The molecule has 0 radical (unpaired) electrons. The Labute approximate surface area is 74.0 Å². The van der Waals surface area contributed by atoms with Gasteiger partial charge in [-0.1, -0.05) is 5.21 Å². The molecule has 0 amide bonds. The topological polar surface area (TPSA) is 63.6 Å². The third kappa shape index (κ3) is 1.48. The number of rotatable bonds is 1. The van der Waals surface area contributed by atoms with Crippen LogP contribution in [0.15, 0.2) is 29.3 Å². The largest absolute Gasteiger partial charge is 0.360 e. The molecule has 0 spiro atoms. The Hall–Kier alpha value is -1.91. The first kappa shape index (κ1) is 7.72. The minimum Gasteiger partial charge on any atom is -0.360 e. The van der Waals surface area contributed by atoms with E-state index in [1.54, 1.807) is 24.1 Å². The number of hydrogen-bond acceptors (Lipinski definition) is 3. The summed E-state index contributed by atoms with van der Waals surface area (Å²) >= 11 is 0.